The number of halogens is 2. The Hall–Kier alpha value is -2.09. The van der Waals surface area contributed by atoms with Crippen LogP contribution in [0, 0.1) is 0 Å². The van der Waals surface area contributed by atoms with Crippen LogP contribution in [0.2, 0.25) is 0 Å². The topological polar surface area (TPSA) is 68.8 Å². The second-order valence-corrected chi connectivity index (χ2v) is 3.97. The Labute approximate surface area is 121 Å². The van der Waals surface area contributed by atoms with Crippen LogP contribution in [0.25, 0.3) is 0 Å². The second-order valence-electron chi connectivity index (χ2n) is 3.97. The zero-order valence-corrected chi connectivity index (χ0v) is 11.8. The van der Waals surface area contributed by atoms with Crippen LogP contribution in [0.1, 0.15) is 6.42 Å². The van der Waals surface area contributed by atoms with Gasteiger partial charge in [0.05, 0.1) is 7.11 Å². The summed E-state index contributed by atoms with van der Waals surface area (Å²) < 4.78 is 38.6. The molecule has 0 aromatic heterocycles. The minimum absolute atomic E-state index is 0.148. The number of alkyl halides is 2. The number of methoxy groups -OCH3 is 2. The molecule has 0 aliphatic rings. The van der Waals surface area contributed by atoms with Gasteiger partial charge >= 0.3 is 12.6 Å². The standard InChI is InChI=1S/C13H18F2N2O4/c1-19-7-3-6-16-13(18)17-9-4-5-10(20-2)11(8-9)21-12(14)15/h4-5,8,12H,3,6-7H2,1-2H3,(H2,16,17,18). The zero-order valence-electron chi connectivity index (χ0n) is 11.8. The third kappa shape index (κ3) is 6.26. The molecule has 8 heteroatoms. The number of anilines is 1. The number of nitrogens with one attached hydrogen (secondary N) is 2. The summed E-state index contributed by atoms with van der Waals surface area (Å²) in [7, 11) is 2.91. The molecule has 0 aliphatic carbocycles. The molecule has 0 fully saturated rings. The second kappa shape index (κ2) is 8.96. The highest BCUT2D eigenvalue weighted by atomic mass is 19.3. The van der Waals surface area contributed by atoms with E-state index in [0.29, 0.717) is 25.3 Å². The first-order valence-electron chi connectivity index (χ1n) is 6.23. The fourth-order valence-corrected chi connectivity index (χ4v) is 1.54. The van der Waals surface area contributed by atoms with Gasteiger partial charge in [0.1, 0.15) is 0 Å². The quantitative estimate of drug-likeness (QED) is 0.724. The van der Waals surface area contributed by atoms with Gasteiger partial charge in [0.25, 0.3) is 0 Å². The van der Waals surface area contributed by atoms with E-state index in [9.17, 15) is 13.6 Å². The van der Waals surface area contributed by atoms with E-state index < -0.39 is 12.6 Å². The molecule has 0 atom stereocenters. The number of urea groups is 1. The predicted molar refractivity (Wildman–Crippen MR) is 73.1 cm³/mol. The number of benzene rings is 1. The van der Waals surface area contributed by atoms with Crippen LogP contribution in [0.15, 0.2) is 18.2 Å². The van der Waals surface area contributed by atoms with Crippen molar-refractivity contribution in [1.82, 2.24) is 5.32 Å². The average Bonchev–Trinajstić information content (AvgIpc) is 2.43. The van der Waals surface area contributed by atoms with Gasteiger partial charge in [-0.2, -0.15) is 8.78 Å². The molecule has 0 aliphatic heterocycles. The van der Waals surface area contributed by atoms with E-state index in [1.807, 2.05) is 0 Å². The van der Waals surface area contributed by atoms with E-state index in [0.717, 1.165) is 0 Å². The molecule has 0 radical (unpaired) electrons. The van der Waals surface area contributed by atoms with E-state index in [-0.39, 0.29) is 11.5 Å². The molecule has 0 spiro atoms. The number of amides is 2. The number of rotatable bonds is 8. The fourth-order valence-electron chi connectivity index (χ4n) is 1.54. The molecule has 0 saturated carbocycles. The van der Waals surface area contributed by atoms with Crippen molar-refractivity contribution in [2.45, 2.75) is 13.0 Å². The fraction of sp³-hybridized carbons (Fsp3) is 0.462. The highest BCUT2D eigenvalue weighted by Gasteiger charge is 2.12. The van der Waals surface area contributed by atoms with Gasteiger partial charge in [-0.05, 0) is 18.6 Å². The SMILES string of the molecule is COCCCNC(=O)Nc1ccc(OC)c(OC(F)F)c1. The number of carbonyl (C=O) groups is 1. The molecule has 0 saturated heterocycles. The predicted octanol–water partition coefficient (Wildman–Crippen LogP) is 2.45. The van der Waals surface area contributed by atoms with Crippen LogP contribution in [-0.4, -0.2) is 40.0 Å². The van der Waals surface area contributed by atoms with Crippen LogP contribution >= 0.6 is 0 Å². The Morgan fingerprint density at radius 1 is 1.29 bits per heavy atom. The smallest absolute Gasteiger partial charge is 0.387 e. The first-order valence-corrected chi connectivity index (χ1v) is 6.23. The minimum atomic E-state index is -2.97. The number of carbonyl (C=O) groups excluding carboxylic acids is 1. The largest absolute Gasteiger partial charge is 0.493 e. The Bertz CT molecular complexity index is 458. The van der Waals surface area contributed by atoms with Crippen molar-refractivity contribution in [3.05, 3.63) is 18.2 Å². The summed E-state index contributed by atoms with van der Waals surface area (Å²) in [5.41, 5.74) is 0.315. The van der Waals surface area contributed by atoms with Gasteiger partial charge in [0, 0.05) is 32.0 Å². The van der Waals surface area contributed by atoms with Crippen LogP contribution in [0.3, 0.4) is 0 Å². The molecule has 0 heterocycles. The zero-order chi connectivity index (χ0) is 15.7. The van der Waals surface area contributed by atoms with Gasteiger partial charge in [-0.15, -0.1) is 0 Å². The van der Waals surface area contributed by atoms with Gasteiger partial charge in [0.2, 0.25) is 0 Å². The van der Waals surface area contributed by atoms with Gasteiger partial charge in [-0.25, -0.2) is 4.79 Å². The molecule has 6 nitrogen and oxygen atoms in total. The summed E-state index contributed by atoms with van der Waals surface area (Å²) >= 11 is 0. The van der Waals surface area contributed by atoms with Crippen LogP contribution in [-0.2, 0) is 4.74 Å². The summed E-state index contributed by atoms with van der Waals surface area (Å²) in [6.07, 6.45) is 0.673. The molecule has 2 amide bonds. The lowest BCUT2D eigenvalue weighted by Gasteiger charge is -2.12. The maximum Gasteiger partial charge on any atom is 0.387 e. The summed E-state index contributed by atoms with van der Waals surface area (Å²) in [5.74, 6) is 0.00559. The molecule has 2 N–H and O–H groups in total. The molecule has 1 aromatic carbocycles. The monoisotopic (exact) mass is 304 g/mol. The maximum atomic E-state index is 12.3. The Morgan fingerprint density at radius 3 is 2.67 bits per heavy atom. The Kier molecular flexibility index (Phi) is 7.24. The van der Waals surface area contributed by atoms with Gasteiger partial charge in [-0.3, -0.25) is 0 Å². The average molecular weight is 304 g/mol. The summed E-state index contributed by atoms with van der Waals surface area (Å²) in [6, 6.07) is 3.77. The third-order valence-electron chi connectivity index (χ3n) is 2.45. The molecule has 1 rings (SSSR count). The van der Waals surface area contributed by atoms with Crippen molar-refractivity contribution < 1.29 is 27.8 Å². The maximum absolute atomic E-state index is 12.3. The van der Waals surface area contributed by atoms with E-state index in [1.54, 1.807) is 7.11 Å². The van der Waals surface area contributed by atoms with Gasteiger partial charge < -0.3 is 24.8 Å². The van der Waals surface area contributed by atoms with Crippen LogP contribution in [0.4, 0.5) is 19.3 Å². The highest BCUT2D eigenvalue weighted by molar-refractivity contribution is 5.89. The van der Waals surface area contributed by atoms with E-state index in [1.165, 1.54) is 25.3 Å². The van der Waals surface area contributed by atoms with Crippen molar-refractivity contribution >= 4 is 11.7 Å². The van der Waals surface area contributed by atoms with Gasteiger partial charge in [0.15, 0.2) is 11.5 Å². The minimum Gasteiger partial charge on any atom is -0.493 e. The molecule has 1 aromatic rings. The Balaban J connectivity index is 2.60. The molecule has 118 valence electrons. The lowest BCUT2D eigenvalue weighted by Crippen LogP contribution is -2.30. The van der Waals surface area contributed by atoms with Crippen molar-refractivity contribution in [3.63, 3.8) is 0 Å². The normalized spacial score (nSPS) is 10.3. The summed E-state index contributed by atoms with van der Waals surface area (Å²) in [6.45, 7) is -2.00. The van der Waals surface area contributed by atoms with Crippen LogP contribution in [0.5, 0.6) is 11.5 Å². The molecule has 0 unspecified atom stereocenters. The van der Waals surface area contributed by atoms with Crippen molar-refractivity contribution in [1.29, 1.82) is 0 Å². The molecule has 21 heavy (non-hydrogen) atoms. The number of hydrogen-bond acceptors (Lipinski definition) is 4. The van der Waals surface area contributed by atoms with Crippen molar-refractivity contribution in [2.75, 3.05) is 32.7 Å². The molecular formula is C13H18F2N2O4. The first-order chi connectivity index (χ1) is 10.1. The third-order valence-corrected chi connectivity index (χ3v) is 2.45. The first kappa shape index (κ1) is 17.0. The van der Waals surface area contributed by atoms with Crippen LogP contribution < -0.4 is 20.1 Å². The van der Waals surface area contributed by atoms with E-state index in [4.69, 9.17) is 9.47 Å². The highest BCUT2D eigenvalue weighted by Crippen LogP contribution is 2.31. The summed E-state index contributed by atoms with van der Waals surface area (Å²) in [5, 5.41) is 5.12. The summed E-state index contributed by atoms with van der Waals surface area (Å²) in [4.78, 5) is 11.6. The molecule has 0 bridgehead atoms. The van der Waals surface area contributed by atoms with E-state index >= 15 is 0 Å². The van der Waals surface area contributed by atoms with E-state index in [2.05, 4.69) is 15.4 Å². The molecular weight excluding hydrogens is 286 g/mol. The Morgan fingerprint density at radius 2 is 2.05 bits per heavy atom. The number of hydrogen-bond donors (Lipinski definition) is 2. The lowest BCUT2D eigenvalue weighted by molar-refractivity contribution is -0.0511. The van der Waals surface area contributed by atoms with Gasteiger partial charge in [-0.1, -0.05) is 0 Å². The number of ether oxygens (including phenoxy) is 3. The van der Waals surface area contributed by atoms with Crippen molar-refractivity contribution in [2.24, 2.45) is 0 Å². The van der Waals surface area contributed by atoms with Crippen molar-refractivity contribution in [3.8, 4) is 11.5 Å². The lowest BCUT2D eigenvalue weighted by atomic mass is 10.3.